The molecule has 0 amide bonds. The molecular weight excluding hydrogens is 783 g/mol. The van der Waals surface area contributed by atoms with E-state index in [2.05, 4.69) is 0 Å². The SMILES string of the molecule is [2H]c1c([2H])c(-n2c3ccccc3c3ccccc32)c(-c2nc(-n3c4ccccc4c4ccccc43)nc(-n3c4c([2H])c([2H])c([2H])c([2H])c4c4c([2H])c([2H])c([2H])c([2H])c43)n2)c(-n2c3ccccc3c3ccccc32)c1[2H]. The molecule has 7 heteroatoms. The number of benzene rings is 9. The van der Waals surface area contributed by atoms with Crippen LogP contribution in [0.3, 0.4) is 0 Å². The number of fused-ring (bicyclic) bond motifs is 12. The van der Waals surface area contributed by atoms with Gasteiger partial charge in [-0.05, 0) is 60.6 Å². The summed E-state index contributed by atoms with van der Waals surface area (Å²) < 4.78 is 110. The van der Waals surface area contributed by atoms with Crippen LogP contribution in [0.4, 0.5) is 0 Å². The Kier molecular flexibility index (Phi) is 5.39. The van der Waals surface area contributed by atoms with Crippen LogP contribution in [0.15, 0.2) is 212 Å². The van der Waals surface area contributed by atoms with Crippen molar-refractivity contribution in [3.8, 4) is 34.7 Å². The van der Waals surface area contributed by atoms with E-state index >= 15 is 0 Å². The second kappa shape index (κ2) is 13.3. The lowest BCUT2D eigenvalue weighted by Crippen LogP contribution is -2.12. The first kappa shape index (κ1) is 25.8. The van der Waals surface area contributed by atoms with Crippen molar-refractivity contribution in [1.29, 1.82) is 0 Å². The van der Waals surface area contributed by atoms with Gasteiger partial charge in [0.25, 0.3) is 0 Å². The Labute approximate surface area is 381 Å². The molecule has 5 aromatic heterocycles. The van der Waals surface area contributed by atoms with Gasteiger partial charge >= 0.3 is 0 Å². The van der Waals surface area contributed by atoms with Gasteiger partial charge in [0.05, 0.1) is 76.2 Å². The first-order valence-electron chi connectivity index (χ1n) is 26.2. The highest BCUT2D eigenvalue weighted by Gasteiger charge is 2.26. The summed E-state index contributed by atoms with van der Waals surface area (Å²) in [6.45, 7) is 0. The van der Waals surface area contributed by atoms with Crippen LogP contribution < -0.4 is 0 Å². The molecule has 0 saturated carbocycles. The fourth-order valence-corrected chi connectivity index (χ4v) is 9.69. The van der Waals surface area contributed by atoms with Crippen molar-refractivity contribution >= 4 is 87.2 Å². The highest BCUT2D eigenvalue weighted by Crippen LogP contribution is 2.42. The maximum Gasteiger partial charge on any atom is 0.240 e. The zero-order valence-corrected chi connectivity index (χ0v) is 33.5. The second-order valence-electron chi connectivity index (χ2n) is 15.6. The van der Waals surface area contributed by atoms with Gasteiger partial charge in [0.15, 0.2) is 5.82 Å². The minimum Gasteiger partial charge on any atom is -0.308 e. The monoisotopic (exact) mass is 828 g/mol. The van der Waals surface area contributed by atoms with E-state index in [9.17, 15) is 9.60 Å². The number of hydrogen-bond donors (Lipinski definition) is 0. The quantitative estimate of drug-likeness (QED) is 0.174. The number of hydrogen-bond acceptors (Lipinski definition) is 3. The van der Waals surface area contributed by atoms with Crippen molar-refractivity contribution in [1.82, 2.24) is 33.2 Å². The Hall–Kier alpha value is -8.81. The Morgan fingerprint density at radius 3 is 0.969 bits per heavy atom. The van der Waals surface area contributed by atoms with Crippen LogP contribution in [0.2, 0.25) is 0 Å². The lowest BCUT2D eigenvalue weighted by Gasteiger charge is -2.20. The van der Waals surface area contributed by atoms with E-state index in [4.69, 9.17) is 20.4 Å². The van der Waals surface area contributed by atoms with E-state index in [0.29, 0.717) is 33.1 Å². The molecule has 0 unspecified atom stereocenters. The highest BCUT2D eigenvalue weighted by molar-refractivity contribution is 6.13. The van der Waals surface area contributed by atoms with Gasteiger partial charge in [-0.1, -0.05) is 151 Å². The summed E-state index contributed by atoms with van der Waals surface area (Å²) in [6, 6.07) is 40.7. The number of nitrogens with zero attached hydrogens (tertiary/aromatic N) is 7. The summed E-state index contributed by atoms with van der Waals surface area (Å²) in [5.41, 5.74) is 4.14. The molecule has 0 fully saturated rings. The maximum atomic E-state index is 10.1. The Balaban J connectivity index is 1.26. The summed E-state index contributed by atoms with van der Waals surface area (Å²) >= 11 is 0. The first-order valence-corrected chi connectivity index (χ1v) is 20.7. The molecular formula is C57H35N7. The topological polar surface area (TPSA) is 58.4 Å². The Morgan fingerprint density at radius 1 is 0.281 bits per heavy atom. The summed E-state index contributed by atoms with van der Waals surface area (Å²) in [5, 5.41) is 4.80. The van der Waals surface area contributed by atoms with Gasteiger partial charge in [0, 0.05) is 43.1 Å². The van der Waals surface area contributed by atoms with Crippen LogP contribution in [-0.2, 0) is 0 Å². The smallest absolute Gasteiger partial charge is 0.240 e. The van der Waals surface area contributed by atoms with Crippen LogP contribution in [-0.4, -0.2) is 33.2 Å². The lowest BCUT2D eigenvalue weighted by atomic mass is 10.1. The minimum atomic E-state index is -0.616. The van der Waals surface area contributed by atoms with Gasteiger partial charge in [-0.3, -0.25) is 9.13 Å². The normalized spacial score (nSPS) is 14.5. The predicted octanol–water partition coefficient (Wildman–Crippen LogP) is 13.9. The van der Waals surface area contributed by atoms with Gasteiger partial charge in [-0.2, -0.15) is 15.0 Å². The molecule has 0 aliphatic rings. The van der Waals surface area contributed by atoms with Gasteiger partial charge in [0.2, 0.25) is 11.9 Å². The summed E-state index contributed by atoms with van der Waals surface area (Å²) in [6.07, 6.45) is 0. The van der Waals surface area contributed by atoms with E-state index in [1.54, 1.807) is 0 Å². The third-order valence-electron chi connectivity index (χ3n) is 12.3. The van der Waals surface area contributed by atoms with E-state index in [-0.39, 0.29) is 74.6 Å². The zero-order valence-electron chi connectivity index (χ0n) is 44.5. The second-order valence-corrected chi connectivity index (χ2v) is 15.6. The molecule has 9 aromatic carbocycles. The molecule has 0 spiro atoms. The highest BCUT2D eigenvalue weighted by atomic mass is 15.3. The van der Waals surface area contributed by atoms with Crippen molar-refractivity contribution in [2.24, 2.45) is 0 Å². The summed E-state index contributed by atoms with van der Waals surface area (Å²) in [5.74, 6) is -0.413. The average molecular weight is 829 g/mol. The summed E-state index contributed by atoms with van der Waals surface area (Å²) in [7, 11) is 0. The standard InChI is InChI=1S/C57H35N7/c1-9-26-44-36(18-1)37-19-2-10-27-45(37)61(44)52-34-17-35-53(62-46-28-11-3-20-38(46)39-21-4-12-29-47(39)62)54(52)55-58-56(63-48-30-13-5-22-40(48)41-23-6-14-31-49(41)63)60-57(59-55)64-50-32-15-7-24-42(50)43-25-8-16-33-51(43)64/h1-35H/i5D,6D,13D,14D,17D,22D,23D,30D,31D,34D,35D. The Bertz CT molecular complexity index is 4500. The Morgan fingerprint density at radius 2 is 0.594 bits per heavy atom. The minimum absolute atomic E-state index is 0.00146. The van der Waals surface area contributed by atoms with E-state index in [1.165, 1.54) is 4.57 Å². The molecule has 298 valence electrons. The number of aromatic nitrogens is 7. The fourth-order valence-electron chi connectivity index (χ4n) is 9.69. The molecule has 14 aromatic rings. The van der Waals surface area contributed by atoms with Crippen molar-refractivity contribution in [3.05, 3.63) is 212 Å². The van der Waals surface area contributed by atoms with Crippen molar-refractivity contribution < 1.29 is 15.1 Å². The van der Waals surface area contributed by atoms with E-state index in [0.717, 1.165) is 32.3 Å². The van der Waals surface area contributed by atoms with Gasteiger partial charge in [-0.15, -0.1) is 0 Å². The van der Waals surface area contributed by atoms with Crippen LogP contribution in [0.5, 0.6) is 0 Å². The molecule has 0 bridgehead atoms. The molecule has 5 heterocycles. The third kappa shape index (κ3) is 4.83. The van der Waals surface area contributed by atoms with Gasteiger partial charge < -0.3 is 9.13 Å². The molecule has 0 aliphatic heterocycles. The van der Waals surface area contributed by atoms with Crippen LogP contribution in [0, 0.1) is 0 Å². The molecule has 0 aliphatic carbocycles. The van der Waals surface area contributed by atoms with E-state index in [1.807, 2.05) is 159 Å². The molecule has 14 rings (SSSR count). The van der Waals surface area contributed by atoms with Crippen molar-refractivity contribution in [2.45, 2.75) is 0 Å². The first-order chi connectivity index (χ1) is 36.4. The van der Waals surface area contributed by atoms with E-state index < -0.39 is 48.3 Å². The summed E-state index contributed by atoms with van der Waals surface area (Å²) in [4.78, 5) is 15.9. The zero-order chi connectivity index (χ0) is 51.5. The number of para-hydroxylation sites is 8. The van der Waals surface area contributed by atoms with Crippen LogP contribution in [0.1, 0.15) is 15.1 Å². The van der Waals surface area contributed by atoms with Crippen molar-refractivity contribution in [2.75, 3.05) is 0 Å². The fraction of sp³-hybridized carbons (Fsp3) is 0. The van der Waals surface area contributed by atoms with Crippen LogP contribution in [0.25, 0.3) is 122 Å². The third-order valence-corrected chi connectivity index (χ3v) is 12.3. The lowest BCUT2D eigenvalue weighted by molar-refractivity contribution is 0.890. The molecule has 0 radical (unpaired) electrons. The molecule has 64 heavy (non-hydrogen) atoms. The average Bonchev–Trinajstić information content (AvgIpc) is 4.29. The van der Waals surface area contributed by atoms with Gasteiger partial charge in [0.1, 0.15) is 0 Å². The molecule has 0 N–H and O–H groups in total. The van der Waals surface area contributed by atoms with Crippen LogP contribution >= 0.6 is 0 Å². The van der Waals surface area contributed by atoms with Crippen molar-refractivity contribution in [3.63, 3.8) is 0 Å². The molecule has 0 saturated heterocycles. The number of rotatable bonds is 5. The molecule has 0 atom stereocenters. The van der Waals surface area contributed by atoms with Gasteiger partial charge in [-0.25, -0.2) is 0 Å². The maximum absolute atomic E-state index is 10.1. The molecule has 7 nitrogen and oxygen atoms in total. The largest absolute Gasteiger partial charge is 0.308 e. The predicted molar refractivity (Wildman–Crippen MR) is 263 cm³/mol.